The molecule has 0 spiro atoms. The number of rotatable bonds is 5. The normalized spacial score (nSPS) is 15.3. The standard InChI is InChI=1S/C19H22N8S/c1-13-11-27-15(14-7-22-23-8-14)9-21-19(27)18(24-13)25-16-10-20-17(28-16)12-26-5-3-2-4-6-26/h7-11H,2-6,12H2,1H3,(H,22,23)(H,24,25). The molecule has 2 N–H and O–H groups in total. The first kappa shape index (κ1) is 17.3. The van der Waals surface area contributed by atoms with Gasteiger partial charge in [-0.25, -0.2) is 15.0 Å². The lowest BCUT2D eigenvalue weighted by atomic mass is 10.1. The number of hydrogen-bond acceptors (Lipinski definition) is 7. The topological polar surface area (TPSA) is 87.0 Å². The highest BCUT2D eigenvalue weighted by Gasteiger charge is 2.15. The van der Waals surface area contributed by atoms with Crippen molar-refractivity contribution >= 4 is 27.8 Å². The summed E-state index contributed by atoms with van der Waals surface area (Å²) in [5.74, 6) is 0.739. The third-order valence-electron chi connectivity index (χ3n) is 5.01. The van der Waals surface area contributed by atoms with Gasteiger partial charge in [-0.3, -0.25) is 14.4 Å². The molecule has 0 aliphatic carbocycles. The van der Waals surface area contributed by atoms with E-state index < -0.39 is 0 Å². The second kappa shape index (κ2) is 7.33. The van der Waals surface area contributed by atoms with Gasteiger partial charge in [0.05, 0.1) is 36.5 Å². The second-order valence-electron chi connectivity index (χ2n) is 7.13. The van der Waals surface area contributed by atoms with E-state index in [2.05, 4.69) is 35.4 Å². The fourth-order valence-electron chi connectivity index (χ4n) is 3.66. The van der Waals surface area contributed by atoms with Gasteiger partial charge < -0.3 is 5.32 Å². The van der Waals surface area contributed by atoms with Crippen LogP contribution in [0.4, 0.5) is 10.8 Å². The van der Waals surface area contributed by atoms with Gasteiger partial charge in [0.25, 0.3) is 0 Å². The smallest absolute Gasteiger partial charge is 0.180 e. The van der Waals surface area contributed by atoms with Crippen LogP contribution >= 0.6 is 11.3 Å². The summed E-state index contributed by atoms with van der Waals surface area (Å²) in [5, 5.41) is 12.4. The monoisotopic (exact) mass is 394 g/mol. The van der Waals surface area contributed by atoms with Crippen molar-refractivity contribution in [3.63, 3.8) is 0 Å². The Hall–Kier alpha value is -2.78. The lowest BCUT2D eigenvalue weighted by molar-refractivity contribution is 0.220. The summed E-state index contributed by atoms with van der Waals surface area (Å²) in [5.41, 5.74) is 3.67. The van der Waals surface area contributed by atoms with Crippen molar-refractivity contribution in [2.45, 2.75) is 32.7 Å². The molecule has 4 aromatic rings. The molecule has 0 radical (unpaired) electrons. The quantitative estimate of drug-likeness (QED) is 0.538. The minimum Gasteiger partial charge on any atom is -0.327 e. The number of H-pyrrole nitrogens is 1. The van der Waals surface area contributed by atoms with Gasteiger partial charge in [0, 0.05) is 18.0 Å². The lowest BCUT2D eigenvalue weighted by Gasteiger charge is -2.25. The van der Waals surface area contributed by atoms with Crippen LogP contribution in [-0.4, -0.2) is 47.5 Å². The molecule has 5 rings (SSSR count). The van der Waals surface area contributed by atoms with E-state index >= 15 is 0 Å². The van der Waals surface area contributed by atoms with Crippen LogP contribution < -0.4 is 5.32 Å². The molecule has 1 fully saturated rings. The van der Waals surface area contributed by atoms with Gasteiger partial charge in [0.1, 0.15) is 10.0 Å². The molecule has 1 aliphatic heterocycles. The molecule has 0 saturated carbocycles. The zero-order valence-electron chi connectivity index (χ0n) is 15.7. The van der Waals surface area contributed by atoms with E-state index in [0.29, 0.717) is 0 Å². The Labute approximate surface area is 166 Å². The largest absolute Gasteiger partial charge is 0.327 e. The molecule has 9 heteroatoms. The first-order chi connectivity index (χ1) is 13.8. The molecule has 0 atom stereocenters. The van der Waals surface area contributed by atoms with Crippen LogP contribution in [0.5, 0.6) is 0 Å². The summed E-state index contributed by atoms with van der Waals surface area (Å²) in [4.78, 5) is 16.3. The SMILES string of the molecule is Cc1cn2c(-c3cn[nH]c3)cnc2c(Nc2cnc(CN3CCCCC3)s2)n1. The van der Waals surface area contributed by atoms with E-state index in [4.69, 9.17) is 0 Å². The van der Waals surface area contributed by atoms with Crippen LogP contribution in [0, 0.1) is 6.92 Å². The summed E-state index contributed by atoms with van der Waals surface area (Å²) < 4.78 is 2.05. The minimum absolute atomic E-state index is 0.739. The number of nitrogens with zero attached hydrogens (tertiary/aromatic N) is 6. The molecule has 8 nitrogen and oxygen atoms in total. The van der Waals surface area contributed by atoms with Crippen molar-refractivity contribution in [3.8, 4) is 11.3 Å². The molecule has 28 heavy (non-hydrogen) atoms. The predicted octanol–water partition coefficient (Wildman–Crippen LogP) is 3.61. The van der Waals surface area contributed by atoms with E-state index in [1.54, 1.807) is 17.5 Å². The number of thiazole rings is 1. The molecule has 0 aromatic carbocycles. The van der Waals surface area contributed by atoms with E-state index in [1.807, 2.05) is 36.1 Å². The third kappa shape index (κ3) is 3.38. The van der Waals surface area contributed by atoms with Gasteiger partial charge in [-0.1, -0.05) is 17.8 Å². The molecule has 5 heterocycles. The number of aromatic nitrogens is 6. The summed E-state index contributed by atoms with van der Waals surface area (Å²) in [6.07, 6.45) is 13.3. The lowest BCUT2D eigenvalue weighted by Crippen LogP contribution is -2.28. The molecule has 0 amide bonds. The number of nitrogens with one attached hydrogen (secondary N) is 2. The maximum Gasteiger partial charge on any atom is 0.180 e. The molecular formula is C19H22N8S. The van der Waals surface area contributed by atoms with Gasteiger partial charge in [-0.2, -0.15) is 5.10 Å². The first-order valence-electron chi connectivity index (χ1n) is 9.54. The Bertz CT molecular complexity index is 1070. The van der Waals surface area contributed by atoms with Crippen LogP contribution in [0.15, 0.2) is 31.0 Å². The van der Waals surface area contributed by atoms with Crippen LogP contribution in [0.25, 0.3) is 16.9 Å². The van der Waals surface area contributed by atoms with E-state index in [-0.39, 0.29) is 0 Å². The van der Waals surface area contributed by atoms with Gasteiger partial charge in [0.2, 0.25) is 0 Å². The van der Waals surface area contributed by atoms with E-state index in [1.165, 1.54) is 32.4 Å². The van der Waals surface area contributed by atoms with E-state index in [9.17, 15) is 0 Å². The highest BCUT2D eigenvalue weighted by molar-refractivity contribution is 7.15. The van der Waals surface area contributed by atoms with Gasteiger partial charge in [0.15, 0.2) is 11.5 Å². The van der Waals surface area contributed by atoms with Crippen molar-refractivity contribution < 1.29 is 0 Å². The fourth-order valence-corrected chi connectivity index (χ4v) is 4.52. The summed E-state index contributed by atoms with van der Waals surface area (Å²) >= 11 is 1.68. The zero-order chi connectivity index (χ0) is 18.9. The Balaban J connectivity index is 1.41. The van der Waals surface area contributed by atoms with Crippen LogP contribution in [0.3, 0.4) is 0 Å². The highest BCUT2D eigenvalue weighted by atomic mass is 32.1. The summed E-state index contributed by atoms with van der Waals surface area (Å²) in [7, 11) is 0. The number of hydrogen-bond donors (Lipinski definition) is 2. The fraction of sp³-hybridized carbons (Fsp3) is 0.368. The number of piperidine rings is 1. The molecule has 1 saturated heterocycles. The molecule has 144 valence electrons. The average Bonchev–Trinajstić information content (AvgIpc) is 3.43. The number of fused-ring (bicyclic) bond motifs is 1. The van der Waals surface area contributed by atoms with Gasteiger partial charge in [-0.15, -0.1) is 0 Å². The van der Waals surface area contributed by atoms with Gasteiger partial charge in [-0.05, 0) is 32.9 Å². The van der Waals surface area contributed by atoms with E-state index in [0.717, 1.165) is 45.0 Å². The van der Waals surface area contributed by atoms with Crippen molar-refractivity contribution in [1.29, 1.82) is 0 Å². The van der Waals surface area contributed by atoms with Crippen molar-refractivity contribution in [2.24, 2.45) is 0 Å². The van der Waals surface area contributed by atoms with Gasteiger partial charge >= 0.3 is 0 Å². The molecule has 0 bridgehead atoms. The Kier molecular flexibility index (Phi) is 4.53. The Morgan fingerprint density at radius 2 is 2.04 bits per heavy atom. The third-order valence-corrected chi connectivity index (χ3v) is 5.91. The molecular weight excluding hydrogens is 372 g/mol. The Morgan fingerprint density at radius 3 is 2.86 bits per heavy atom. The number of aryl methyl sites for hydroxylation is 1. The maximum absolute atomic E-state index is 4.67. The minimum atomic E-state index is 0.739. The molecule has 0 unspecified atom stereocenters. The van der Waals surface area contributed by atoms with Crippen LogP contribution in [0.1, 0.15) is 30.0 Å². The number of imidazole rings is 1. The summed E-state index contributed by atoms with van der Waals surface area (Å²) in [6.45, 7) is 5.26. The predicted molar refractivity (Wildman–Crippen MR) is 110 cm³/mol. The second-order valence-corrected chi connectivity index (χ2v) is 8.25. The number of anilines is 2. The van der Waals surface area contributed by atoms with Crippen molar-refractivity contribution in [3.05, 3.63) is 41.7 Å². The van der Waals surface area contributed by atoms with Crippen LogP contribution in [0.2, 0.25) is 0 Å². The molecule has 4 aromatic heterocycles. The molecule has 1 aliphatic rings. The number of aromatic amines is 1. The van der Waals surface area contributed by atoms with Crippen LogP contribution in [-0.2, 0) is 6.54 Å². The highest BCUT2D eigenvalue weighted by Crippen LogP contribution is 2.28. The van der Waals surface area contributed by atoms with Crippen molar-refractivity contribution in [1.82, 2.24) is 34.4 Å². The zero-order valence-corrected chi connectivity index (χ0v) is 16.5. The van der Waals surface area contributed by atoms with Crippen molar-refractivity contribution in [2.75, 3.05) is 18.4 Å². The maximum atomic E-state index is 4.67. The number of likely N-dealkylation sites (tertiary alicyclic amines) is 1. The first-order valence-corrected chi connectivity index (χ1v) is 10.4. The average molecular weight is 395 g/mol. The summed E-state index contributed by atoms with van der Waals surface area (Å²) in [6, 6.07) is 0. The Morgan fingerprint density at radius 1 is 1.14 bits per heavy atom.